The van der Waals surface area contributed by atoms with Gasteiger partial charge in [0, 0.05) is 5.92 Å². The van der Waals surface area contributed by atoms with Crippen molar-refractivity contribution in [2.45, 2.75) is 75.7 Å². The number of nitrogens with one attached hydrogen (secondary N) is 2. The van der Waals surface area contributed by atoms with Gasteiger partial charge >= 0.3 is 12.1 Å². The van der Waals surface area contributed by atoms with Gasteiger partial charge in [0.1, 0.15) is 18.2 Å². The Bertz CT molecular complexity index is 1350. The first-order valence-corrected chi connectivity index (χ1v) is 14.7. The van der Waals surface area contributed by atoms with Crippen molar-refractivity contribution in [3.63, 3.8) is 0 Å². The average molecular weight is 571 g/mol. The van der Waals surface area contributed by atoms with Crippen LogP contribution in [0.3, 0.4) is 0 Å². The van der Waals surface area contributed by atoms with Crippen molar-refractivity contribution in [1.82, 2.24) is 10.6 Å². The molecule has 3 aromatic carbocycles. The molecule has 0 aromatic heterocycles. The minimum Gasteiger partial charge on any atom is -0.480 e. The molecule has 0 bridgehead atoms. The number of rotatable bonds is 10. The van der Waals surface area contributed by atoms with Crippen LogP contribution in [0.1, 0.15) is 68.1 Å². The second-order valence-corrected chi connectivity index (χ2v) is 11.2. The number of fused-ring (bicyclic) bond motifs is 3. The van der Waals surface area contributed by atoms with Gasteiger partial charge in [-0.1, -0.05) is 105 Å². The SMILES string of the molecule is CC(OCc1ccccc1)C(NC(=O)OCC1c2ccccc2-c2ccccc21)C(=O)NC1(C(=O)O)CCCCCC1. The largest absolute Gasteiger partial charge is 0.480 e. The fraction of sp³-hybridized carbons (Fsp3) is 0.382. The number of aliphatic carboxylic acids is 1. The summed E-state index contributed by atoms with van der Waals surface area (Å²) in [5.41, 5.74) is 3.92. The lowest BCUT2D eigenvalue weighted by Crippen LogP contribution is -2.61. The number of hydrogen-bond donors (Lipinski definition) is 3. The summed E-state index contributed by atoms with van der Waals surface area (Å²) in [6.45, 7) is 2.01. The highest BCUT2D eigenvalue weighted by Gasteiger charge is 2.43. The number of carbonyl (C=O) groups excluding carboxylic acids is 2. The van der Waals surface area contributed by atoms with E-state index < -0.39 is 35.7 Å². The molecule has 0 heterocycles. The Balaban J connectivity index is 1.30. The molecule has 220 valence electrons. The molecule has 2 unspecified atom stereocenters. The summed E-state index contributed by atoms with van der Waals surface area (Å²) in [7, 11) is 0. The Kier molecular flexibility index (Phi) is 9.22. The molecule has 2 aliphatic rings. The molecule has 8 heteroatoms. The smallest absolute Gasteiger partial charge is 0.407 e. The summed E-state index contributed by atoms with van der Waals surface area (Å²) >= 11 is 0. The molecule has 0 spiro atoms. The van der Waals surface area contributed by atoms with Gasteiger partial charge in [0.25, 0.3) is 0 Å². The van der Waals surface area contributed by atoms with Crippen molar-refractivity contribution in [3.05, 3.63) is 95.6 Å². The van der Waals surface area contributed by atoms with Crippen LogP contribution in [-0.2, 0) is 25.7 Å². The Morgan fingerprint density at radius 1 is 0.857 bits per heavy atom. The number of ether oxygens (including phenoxy) is 2. The Morgan fingerprint density at radius 2 is 1.43 bits per heavy atom. The van der Waals surface area contributed by atoms with Crippen molar-refractivity contribution in [2.75, 3.05) is 6.61 Å². The van der Waals surface area contributed by atoms with E-state index in [4.69, 9.17) is 9.47 Å². The zero-order valence-electron chi connectivity index (χ0n) is 23.9. The fourth-order valence-electron chi connectivity index (χ4n) is 6.10. The van der Waals surface area contributed by atoms with E-state index in [0.717, 1.165) is 40.7 Å². The molecule has 0 radical (unpaired) electrons. The summed E-state index contributed by atoms with van der Waals surface area (Å²) in [6.07, 6.45) is 2.40. The number of carbonyl (C=O) groups is 3. The van der Waals surface area contributed by atoms with Gasteiger partial charge in [-0.2, -0.15) is 0 Å². The van der Waals surface area contributed by atoms with Gasteiger partial charge in [0.15, 0.2) is 0 Å². The Labute approximate surface area is 246 Å². The molecule has 2 aliphatic carbocycles. The molecule has 3 aromatic rings. The summed E-state index contributed by atoms with van der Waals surface area (Å²) in [4.78, 5) is 39.3. The first-order chi connectivity index (χ1) is 20.4. The van der Waals surface area contributed by atoms with Gasteiger partial charge in [-0.15, -0.1) is 0 Å². The topological polar surface area (TPSA) is 114 Å². The van der Waals surface area contributed by atoms with Crippen LogP contribution in [0, 0.1) is 0 Å². The molecule has 0 aliphatic heterocycles. The Morgan fingerprint density at radius 3 is 2.02 bits per heavy atom. The average Bonchev–Trinajstić information content (AvgIpc) is 3.13. The molecule has 5 rings (SSSR count). The zero-order valence-corrected chi connectivity index (χ0v) is 23.9. The molecule has 42 heavy (non-hydrogen) atoms. The fourth-order valence-corrected chi connectivity index (χ4v) is 6.10. The van der Waals surface area contributed by atoms with E-state index in [1.165, 1.54) is 0 Å². The standard InChI is InChI=1S/C34H38N2O6/c1-23(41-21-24-13-5-4-6-14-24)30(31(37)36-34(32(38)39)19-11-2-3-12-20-34)35-33(40)42-22-29-27-17-9-7-15-25(27)26-16-8-10-18-28(26)29/h4-10,13-18,23,29-30H,2-3,11-12,19-22H2,1H3,(H,35,40)(H,36,37)(H,38,39). The first kappa shape index (κ1) is 29.3. The van der Waals surface area contributed by atoms with E-state index in [9.17, 15) is 19.5 Å². The van der Waals surface area contributed by atoms with Gasteiger partial charge in [-0.3, -0.25) is 4.79 Å². The number of amides is 2. The number of benzene rings is 3. The second-order valence-electron chi connectivity index (χ2n) is 11.2. The molecule has 3 N–H and O–H groups in total. The highest BCUT2D eigenvalue weighted by atomic mass is 16.5. The van der Waals surface area contributed by atoms with Crippen LogP contribution in [0.5, 0.6) is 0 Å². The van der Waals surface area contributed by atoms with Gasteiger partial charge < -0.3 is 25.2 Å². The lowest BCUT2D eigenvalue weighted by atomic mass is 9.89. The molecule has 2 atom stereocenters. The van der Waals surface area contributed by atoms with Gasteiger partial charge in [0.05, 0.1) is 12.7 Å². The maximum Gasteiger partial charge on any atom is 0.407 e. The molecule has 1 saturated carbocycles. The Hall–Kier alpha value is -4.17. The summed E-state index contributed by atoms with van der Waals surface area (Å²) in [5, 5.41) is 15.6. The lowest BCUT2D eigenvalue weighted by Gasteiger charge is -2.33. The normalized spacial score (nSPS) is 17.2. The van der Waals surface area contributed by atoms with Crippen LogP contribution in [0.15, 0.2) is 78.9 Å². The lowest BCUT2D eigenvalue weighted by molar-refractivity contribution is -0.149. The molecule has 0 saturated heterocycles. The first-order valence-electron chi connectivity index (χ1n) is 14.7. The quantitative estimate of drug-likeness (QED) is 0.266. The van der Waals surface area contributed by atoms with Crippen molar-refractivity contribution < 1.29 is 29.0 Å². The number of carboxylic acid groups (broad SMARTS) is 1. The number of hydrogen-bond acceptors (Lipinski definition) is 5. The molecular formula is C34H38N2O6. The van der Waals surface area contributed by atoms with Crippen molar-refractivity contribution in [2.24, 2.45) is 0 Å². The molecular weight excluding hydrogens is 532 g/mol. The van der Waals surface area contributed by atoms with Gasteiger partial charge in [-0.25, -0.2) is 9.59 Å². The molecule has 2 amide bonds. The third-order valence-corrected chi connectivity index (χ3v) is 8.45. The second kappa shape index (κ2) is 13.2. The minimum atomic E-state index is -1.38. The van der Waals surface area contributed by atoms with E-state index in [1.807, 2.05) is 66.7 Å². The van der Waals surface area contributed by atoms with E-state index >= 15 is 0 Å². The third kappa shape index (κ3) is 6.49. The predicted molar refractivity (Wildman–Crippen MR) is 159 cm³/mol. The summed E-state index contributed by atoms with van der Waals surface area (Å²) < 4.78 is 11.7. The molecule has 8 nitrogen and oxygen atoms in total. The highest BCUT2D eigenvalue weighted by molar-refractivity contribution is 5.91. The van der Waals surface area contributed by atoms with Crippen molar-refractivity contribution in [1.29, 1.82) is 0 Å². The van der Waals surface area contributed by atoms with Crippen LogP contribution >= 0.6 is 0 Å². The third-order valence-electron chi connectivity index (χ3n) is 8.45. The van der Waals surface area contributed by atoms with E-state index in [0.29, 0.717) is 25.7 Å². The maximum absolute atomic E-state index is 13.7. The predicted octanol–water partition coefficient (Wildman–Crippen LogP) is 5.79. The maximum atomic E-state index is 13.7. The highest BCUT2D eigenvalue weighted by Crippen LogP contribution is 2.44. The number of alkyl carbamates (subject to hydrolysis) is 1. The van der Waals surface area contributed by atoms with E-state index in [1.54, 1.807) is 6.92 Å². The van der Waals surface area contributed by atoms with Crippen LogP contribution in [-0.4, -0.2) is 47.4 Å². The van der Waals surface area contributed by atoms with E-state index in [2.05, 4.69) is 22.8 Å². The van der Waals surface area contributed by atoms with Crippen LogP contribution in [0.25, 0.3) is 11.1 Å². The summed E-state index contributed by atoms with van der Waals surface area (Å²) in [6, 6.07) is 24.5. The van der Waals surface area contributed by atoms with Crippen molar-refractivity contribution in [3.8, 4) is 11.1 Å². The minimum absolute atomic E-state index is 0.0898. The number of carboxylic acids is 1. The summed E-state index contributed by atoms with van der Waals surface area (Å²) in [5.74, 6) is -1.80. The van der Waals surface area contributed by atoms with Crippen LogP contribution in [0.2, 0.25) is 0 Å². The van der Waals surface area contributed by atoms with Gasteiger partial charge in [0.2, 0.25) is 5.91 Å². The van der Waals surface area contributed by atoms with Gasteiger partial charge in [-0.05, 0) is 47.6 Å². The molecule has 1 fully saturated rings. The van der Waals surface area contributed by atoms with E-state index in [-0.39, 0.29) is 19.1 Å². The van der Waals surface area contributed by atoms with Crippen molar-refractivity contribution >= 4 is 18.0 Å². The zero-order chi connectivity index (χ0) is 29.5. The van der Waals surface area contributed by atoms with Crippen LogP contribution < -0.4 is 10.6 Å². The monoisotopic (exact) mass is 570 g/mol. The van der Waals surface area contributed by atoms with Crippen LogP contribution in [0.4, 0.5) is 4.79 Å².